The van der Waals surface area contributed by atoms with Crippen molar-refractivity contribution in [2.24, 2.45) is 0 Å². The Morgan fingerprint density at radius 1 is 0.867 bits per heavy atom. The monoisotopic (exact) mass is 437 g/mol. The molecule has 0 aliphatic carbocycles. The van der Waals surface area contributed by atoms with Crippen LogP contribution in [0.15, 0.2) is 84.4 Å². The minimum atomic E-state index is -0.764. The molecule has 0 spiro atoms. The van der Waals surface area contributed by atoms with E-state index in [1.165, 1.54) is 4.90 Å². The number of carbonyl (C=O) groups excluding carboxylic acids is 2. The van der Waals surface area contributed by atoms with E-state index in [0.29, 0.717) is 21.2 Å². The first-order valence-corrected chi connectivity index (χ1v) is 10.0. The fraction of sp³-hybridized carbons (Fsp3) is 0.0833. The van der Waals surface area contributed by atoms with Crippen molar-refractivity contribution in [1.29, 1.82) is 0 Å². The molecule has 1 fully saturated rings. The van der Waals surface area contributed by atoms with Crippen LogP contribution in [0.5, 0.6) is 0 Å². The third kappa shape index (κ3) is 3.84. The van der Waals surface area contributed by atoms with Gasteiger partial charge in [-0.15, -0.1) is 0 Å². The molecule has 1 heterocycles. The largest absolute Gasteiger partial charge is 0.507 e. The van der Waals surface area contributed by atoms with Crippen molar-refractivity contribution in [2.75, 3.05) is 0 Å². The molecule has 1 atom stereocenters. The summed E-state index contributed by atoms with van der Waals surface area (Å²) < 4.78 is 0. The van der Waals surface area contributed by atoms with Crippen LogP contribution in [0.2, 0.25) is 10.0 Å². The second kappa shape index (κ2) is 8.34. The van der Waals surface area contributed by atoms with Gasteiger partial charge in [-0.25, -0.2) is 0 Å². The maximum atomic E-state index is 13.0. The van der Waals surface area contributed by atoms with E-state index in [0.717, 1.165) is 5.56 Å². The predicted molar refractivity (Wildman–Crippen MR) is 117 cm³/mol. The first-order valence-electron chi connectivity index (χ1n) is 9.29. The van der Waals surface area contributed by atoms with Gasteiger partial charge in [0.15, 0.2) is 0 Å². The second-order valence-electron chi connectivity index (χ2n) is 6.97. The fourth-order valence-electron chi connectivity index (χ4n) is 3.61. The number of carbonyl (C=O) groups is 2. The Labute approximate surface area is 184 Å². The van der Waals surface area contributed by atoms with Gasteiger partial charge in [0.1, 0.15) is 5.76 Å². The van der Waals surface area contributed by atoms with E-state index >= 15 is 0 Å². The number of aliphatic hydroxyl groups excluding tert-OH is 1. The van der Waals surface area contributed by atoms with Crippen LogP contribution in [0.4, 0.5) is 0 Å². The lowest BCUT2D eigenvalue weighted by Crippen LogP contribution is -2.29. The summed E-state index contributed by atoms with van der Waals surface area (Å²) in [5, 5.41) is 12.0. The van der Waals surface area contributed by atoms with E-state index < -0.39 is 17.7 Å². The zero-order valence-electron chi connectivity index (χ0n) is 15.8. The van der Waals surface area contributed by atoms with Gasteiger partial charge in [-0.3, -0.25) is 9.59 Å². The molecule has 0 aromatic heterocycles. The summed E-state index contributed by atoms with van der Waals surface area (Å²) in [5.41, 5.74) is 1.95. The van der Waals surface area contributed by atoms with Crippen LogP contribution >= 0.6 is 23.2 Å². The molecule has 1 amide bonds. The van der Waals surface area contributed by atoms with E-state index in [9.17, 15) is 14.7 Å². The first kappa shape index (κ1) is 20.2. The Morgan fingerprint density at radius 3 is 2.23 bits per heavy atom. The lowest BCUT2D eigenvalue weighted by molar-refractivity contribution is -0.140. The molecule has 1 N–H and O–H groups in total. The zero-order valence-corrected chi connectivity index (χ0v) is 17.3. The summed E-state index contributed by atoms with van der Waals surface area (Å²) in [6.45, 7) is 0.222. The fourth-order valence-corrected chi connectivity index (χ4v) is 3.93. The number of Topliss-reactive ketones (excluding diaryl/α,β-unsaturated/α-hetero) is 1. The summed E-state index contributed by atoms with van der Waals surface area (Å²) in [6.07, 6.45) is 0. The number of hydrogen-bond donors (Lipinski definition) is 1. The van der Waals surface area contributed by atoms with Gasteiger partial charge in [-0.1, -0.05) is 65.7 Å². The van der Waals surface area contributed by atoms with Gasteiger partial charge < -0.3 is 10.0 Å². The zero-order chi connectivity index (χ0) is 21.3. The number of likely N-dealkylation sites (tertiary alicyclic amines) is 1. The van der Waals surface area contributed by atoms with Gasteiger partial charge in [0, 0.05) is 22.2 Å². The summed E-state index contributed by atoms with van der Waals surface area (Å²) in [6, 6.07) is 22.0. The third-order valence-electron chi connectivity index (χ3n) is 5.02. The van der Waals surface area contributed by atoms with Gasteiger partial charge in [0.05, 0.1) is 11.6 Å². The number of nitrogens with zero attached hydrogens (tertiary/aromatic N) is 1. The molecule has 1 aliphatic rings. The number of hydrogen-bond acceptors (Lipinski definition) is 3. The van der Waals surface area contributed by atoms with Gasteiger partial charge in [-0.2, -0.15) is 0 Å². The Balaban J connectivity index is 1.87. The second-order valence-corrected chi connectivity index (χ2v) is 7.85. The van der Waals surface area contributed by atoms with Crippen molar-refractivity contribution in [3.8, 4) is 0 Å². The Morgan fingerprint density at radius 2 is 1.57 bits per heavy atom. The minimum absolute atomic E-state index is 0.0283. The lowest BCUT2D eigenvalue weighted by Gasteiger charge is -2.25. The van der Waals surface area contributed by atoms with Crippen molar-refractivity contribution in [2.45, 2.75) is 12.6 Å². The summed E-state index contributed by atoms with van der Waals surface area (Å²) in [7, 11) is 0. The van der Waals surface area contributed by atoms with E-state index in [1.54, 1.807) is 48.5 Å². The molecule has 3 aromatic rings. The van der Waals surface area contributed by atoms with Crippen LogP contribution in [-0.2, 0) is 16.1 Å². The van der Waals surface area contributed by atoms with Crippen LogP contribution < -0.4 is 0 Å². The third-order valence-corrected chi connectivity index (χ3v) is 5.50. The highest BCUT2D eigenvalue weighted by molar-refractivity contribution is 6.46. The average molecular weight is 438 g/mol. The molecular weight excluding hydrogens is 421 g/mol. The molecule has 150 valence electrons. The number of rotatable bonds is 4. The van der Waals surface area contributed by atoms with Crippen LogP contribution in [-0.4, -0.2) is 21.7 Å². The number of halogens is 2. The maximum Gasteiger partial charge on any atom is 0.295 e. The molecule has 6 heteroatoms. The molecule has 1 saturated heterocycles. The van der Waals surface area contributed by atoms with E-state index in [4.69, 9.17) is 23.2 Å². The van der Waals surface area contributed by atoms with E-state index in [-0.39, 0.29) is 17.9 Å². The molecule has 4 rings (SSSR count). The number of aliphatic hydroxyl groups is 1. The van der Waals surface area contributed by atoms with E-state index in [2.05, 4.69) is 0 Å². The molecule has 3 aromatic carbocycles. The molecule has 0 radical (unpaired) electrons. The standard InChI is InChI=1S/C24H17Cl2NO3/c25-18-11-9-16(10-12-18)22(28)20-21(17-7-4-8-19(26)13-17)27(24(30)23(20)29)14-15-5-2-1-3-6-15/h1-13,21,28H,14H2/b22-20+. The van der Waals surface area contributed by atoms with Crippen molar-refractivity contribution < 1.29 is 14.7 Å². The topological polar surface area (TPSA) is 57.6 Å². The van der Waals surface area contributed by atoms with Gasteiger partial charge in [-0.05, 0) is 47.5 Å². The van der Waals surface area contributed by atoms with E-state index in [1.807, 2.05) is 30.3 Å². The molecule has 4 nitrogen and oxygen atoms in total. The molecular formula is C24H17Cl2NO3. The average Bonchev–Trinajstić information content (AvgIpc) is 2.99. The summed E-state index contributed by atoms with van der Waals surface area (Å²) in [5.74, 6) is -1.65. The molecule has 1 aliphatic heterocycles. The highest BCUT2D eigenvalue weighted by atomic mass is 35.5. The van der Waals surface area contributed by atoms with Crippen molar-refractivity contribution in [1.82, 2.24) is 4.90 Å². The van der Waals surface area contributed by atoms with Crippen LogP contribution in [0.3, 0.4) is 0 Å². The van der Waals surface area contributed by atoms with Crippen molar-refractivity contribution in [3.63, 3.8) is 0 Å². The van der Waals surface area contributed by atoms with Crippen molar-refractivity contribution in [3.05, 3.63) is 111 Å². The number of ketones is 1. The SMILES string of the molecule is O=C1C(=O)N(Cc2ccccc2)C(c2cccc(Cl)c2)/C1=C(\O)c1ccc(Cl)cc1. The molecule has 1 unspecified atom stereocenters. The Bertz CT molecular complexity index is 1140. The molecule has 30 heavy (non-hydrogen) atoms. The van der Waals surface area contributed by atoms with Gasteiger partial charge >= 0.3 is 0 Å². The smallest absolute Gasteiger partial charge is 0.295 e. The van der Waals surface area contributed by atoms with Crippen LogP contribution in [0.25, 0.3) is 5.76 Å². The summed E-state index contributed by atoms with van der Waals surface area (Å²) >= 11 is 12.1. The predicted octanol–water partition coefficient (Wildman–Crippen LogP) is 5.62. The maximum absolute atomic E-state index is 13.0. The first-order chi connectivity index (χ1) is 14.5. The van der Waals surface area contributed by atoms with Gasteiger partial charge in [0.25, 0.3) is 11.7 Å². The van der Waals surface area contributed by atoms with Gasteiger partial charge in [0.2, 0.25) is 0 Å². The Kier molecular flexibility index (Phi) is 5.62. The van der Waals surface area contributed by atoms with Crippen LogP contribution in [0.1, 0.15) is 22.7 Å². The molecule has 0 bridgehead atoms. The van der Waals surface area contributed by atoms with Crippen molar-refractivity contribution >= 4 is 40.7 Å². The normalized spacial score (nSPS) is 18.1. The Hall–Kier alpha value is -3.08. The lowest BCUT2D eigenvalue weighted by atomic mass is 9.95. The minimum Gasteiger partial charge on any atom is -0.507 e. The highest BCUT2D eigenvalue weighted by Crippen LogP contribution is 2.40. The quantitative estimate of drug-likeness (QED) is 0.327. The highest BCUT2D eigenvalue weighted by Gasteiger charge is 2.46. The number of benzene rings is 3. The summed E-state index contributed by atoms with van der Waals surface area (Å²) in [4.78, 5) is 27.4. The van der Waals surface area contributed by atoms with Crippen LogP contribution in [0, 0.1) is 0 Å². The number of amides is 1. The molecule has 0 saturated carbocycles.